The fourth-order valence-electron chi connectivity index (χ4n) is 3.73. The summed E-state index contributed by atoms with van der Waals surface area (Å²) in [5.74, 6) is 0.0518. The molecule has 2 aliphatic rings. The number of Topliss-reactive ketones (excluding diaryl/α,β-unsaturated/α-hetero) is 1. The highest BCUT2D eigenvalue weighted by molar-refractivity contribution is 7.10. The highest BCUT2D eigenvalue weighted by Gasteiger charge is 2.40. The molecule has 0 radical (unpaired) electrons. The molecule has 130 valence electrons. The molecule has 26 heavy (non-hydrogen) atoms. The normalized spacial score (nSPS) is 20.2. The van der Waals surface area contributed by atoms with Gasteiger partial charge in [-0.3, -0.25) is 9.69 Å². The Morgan fingerprint density at radius 1 is 1.23 bits per heavy atom. The van der Waals surface area contributed by atoms with Crippen LogP contribution in [-0.2, 0) is 4.79 Å². The predicted octanol–water partition coefficient (Wildman–Crippen LogP) is 4.71. The molecule has 2 aromatic rings. The van der Waals surface area contributed by atoms with E-state index < -0.39 is 0 Å². The summed E-state index contributed by atoms with van der Waals surface area (Å²) in [7, 11) is 0. The van der Waals surface area contributed by atoms with Crippen molar-refractivity contribution < 1.29 is 4.79 Å². The van der Waals surface area contributed by atoms with Crippen molar-refractivity contribution in [3.8, 4) is 6.07 Å². The monoisotopic (exact) mass is 381 g/mol. The predicted molar refractivity (Wildman–Crippen MR) is 104 cm³/mol. The number of nitriles is 1. The van der Waals surface area contributed by atoms with E-state index in [-0.39, 0.29) is 11.7 Å². The van der Waals surface area contributed by atoms with Crippen LogP contribution >= 0.6 is 22.9 Å². The Kier molecular flexibility index (Phi) is 4.31. The summed E-state index contributed by atoms with van der Waals surface area (Å²) in [5.41, 5.74) is 9.12. The Hall–Kier alpha value is -2.55. The molecular formula is C20H16ClN3OS. The minimum absolute atomic E-state index is 0.0851. The molecule has 0 bridgehead atoms. The van der Waals surface area contributed by atoms with Gasteiger partial charge in [0.15, 0.2) is 5.78 Å². The van der Waals surface area contributed by atoms with Gasteiger partial charge < -0.3 is 5.73 Å². The molecule has 0 unspecified atom stereocenters. The summed E-state index contributed by atoms with van der Waals surface area (Å²) in [6.45, 7) is 0. The molecule has 1 aromatic carbocycles. The van der Waals surface area contributed by atoms with Crippen molar-refractivity contribution in [1.29, 1.82) is 5.26 Å². The molecule has 1 aliphatic carbocycles. The van der Waals surface area contributed by atoms with E-state index in [1.165, 1.54) is 11.3 Å². The van der Waals surface area contributed by atoms with Crippen LogP contribution in [0.4, 0.5) is 5.69 Å². The van der Waals surface area contributed by atoms with Gasteiger partial charge in [-0.25, -0.2) is 0 Å². The maximum Gasteiger partial charge on any atom is 0.161 e. The van der Waals surface area contributed by atoms with Gasteiger partial charge in [0.25, 0.3) is 0 Å². The van der Waals surface area contributed by atoms with E-state index in [0.29, 0.717) is 34.1 Å². The number of thiophene rings is 1. The summed E-state index contributed by atoms with van der Waals surface area (Å²) < 4.78 is 0. The molecule has 6 heteroatoms. The highest BCUT2D eigenvalue weighted by atomic mass is 35.5. The van der Waals surface area contributed by atoms with Crippen LogP contribution in [0, 0.1) is 11.3 Å². The number of para-hydroxylation sites is 1. The van der Waals surface area contributed by atoms with Crippen molar-refractivity contribution in [2.24, 2.45) is 5.73 Å². The maximum atomic E-state index is 12.9. The number of benzene rings is 1. The van der Waals surface area contributed by atoms with Crippen molar-refractivity contribution >= 4 is 34.4 Å². The van der Waals surface area contributed by atoms with Crippen molar-refractivity contribution in [1.82, 2.24) is 0 Å². The number of halogens is 1. The SMILES string of the molecule is N#CC1=C(N)N(c2ccccc2Cl)C2=C(C(=O)CCC2)[C@H]1c1cccs1. The molecule has 0 spiro atoms. The van der Waals surface area contributed by atoms with Crippen molar-refractivity contribution in [2.75, 3.05) is 4.90 Å². The van der Waals surface area contributed by atoms with Crippen LogP contribution in [-0.4, -0.2) is 5.78 Å². The molecular weight excluding hydrogens is 366 g/mol. The molecule has 2 N–H and O–H groups in total. The van der Waals surface area contributed by atoms with E-state index in [1.807, 2.05) is 35.7 Å². The standard InChI is InChI=1S/C20H16ClN3OS/c21-13-5-1-2-6-14(13)24-15-7-3-8-16(25)19(15)18(12(11-22)20(24)23)17-9-4-10-26-17/h1-2,4-6,9-10,18H,3,7-8,23H2/t18-/m1/s1. The minimum Gasteiger partial charge on any atom is -0.384 e. The van der Waals surface area contributed by atoms with Crippen molar-refractivity contribution in [2.45, 2.75) is 25.2 Å². The highest BCUT2D eigenvalue weighted by Crippen LogP contribution is 2.48. The summed E-state index contributed by atoms with van der Waals surface area (Å²) >= 11 is 7.95. The lowest BCUT2D eigenvalue weighted by molar-refractivity contribution is -0.116. The van der Waals surface area contributed by atoms with Crippen LogP contribution in [0.1, 0.15) is 30.1 Å². The average molecular weight is 382 g/mol. The van der Waals surface area contributed by atoms with Crippen LogP contribution in [0.15, 0.2) is 64.4 Å². The Morgan fingerprint density at radius 2 is 2.04 bits per heavy atom. The molecule has 2 heterocycles. The number of nitrogens with zero attached hydrogens (tertiary/aromatic N) is 2. The smallest absolute Gasteiger partial charge is 0.161 e. The minimum atomic E-state index is -0.387. The van der Waals surface area contributed by atoms with Gasteiger partial charge >= 0.3 is 0 Å². The lowest BCUT2D eigenvalue weighted by Gasteiger charge is -2.39. The van der Waals surface area contributed by atoms with Crippen LogP contribution in [0.2, 0.25) is 5.02 Å². The van der Waals surface area contributed by atoms with Crippen LogP contribution in [0.25, 0.3) is 0 Å². The van der Waals surface area contributed by atoms with Gasteiger partial charge in [0.1, 0.15) is 5.82 Å². The zero-order valence-corrected chi connectivity index (χ0v) is 15.5. The molecule has 0 saturated heterocycles. The fraction of sp³-hybridized carbons (Fsp3) is 0.200. The quantitative estimate of drug-likeness (QED) is 0.818. The lowest BCUT2D eigenvalue weighted by atomic mass is 9.78. The Bertz CT molecular complexity index is 985. The summed E-state index contributed by atoms with van der Waals surface area (Å²) in [4.78, 5) is 15.6. The third-order valence-electron chi connectivity index (χ3n) is 4.83. The van der Waals surface area contributed by atoms with Crippen molar-refractivity contribution in [3.05, 3.63) is 74.3 Å². The molecule has 1 aliphatic heterocycles. The Balaban J connectivity index is 2.00. The Labute approximate surface area is 160 Å². The number of rotatable bonds is 2. The number of carbonyl (C=O) groups excluding carboxylic acids is 1. The fourth-order valence-corrected chi connectivity index (χ4v) is 4.80. The third-order valence-corrected chi connectivity index (χ3v) is 6.09. The van der Waals surface area contributed by atoms with E-state index in [0.717, 1.165) is 23.4 Å². The molecule has 1 aromatic heterocycles. The largest absolute Gasteiger partial charge is 0.384 e. The number of allylic oxidation sites excluding steroid dienone is 3. The first-order valence-corrected chi connectivity index (χ1v) is 9.63. The topological polar surface area (TPSA) is 70.1 Å². The first-order chi connectivity index (χ1) is 12.6. The molecule has 1 atom stereocenters. The molecule has 4 nitrogen and oxygen atoms in total. The lowest BCUT2D eigenvalue weighted by Crippen LogP contribution is -2.38. The van der Waals surface area contributed by atoms with Crippen LogP contribution in [0.3, 0.4) is 0 Å². The van der Waals surface area contributed by atoms with E-state index in [9.17, 15) is 10.1 Å². The van der Waals surface area contributed by atoms with Gasteiger partial charge in [-0.15, -0.1) is 11.3 Å². The first kappa shape index (κ1) is 16.9. The second kappa shape index (κ2) is 6.64. The van der Waals surface area contributed by atoms with E-state index in [2.05, 4.69) is 6.07 Å². The second-order valence-corrected chi connectivity index (χ2v) is 7.67. The number of carbonyl (C=O) groups is 1. The summed E-state index contributed by atoms with van der Waals surface area (Å²) in [6, 6.07) is 13.5. The number of ketones is 1. The van der Waals surface area contributed by atoms with Gasteiger partial charge in [-0.05, 0) is 36.4 Å². The number of anilines is 1. The zero-order chi connectivity index (χ0) is 18.3. The van der Waals surface area contributed by atoms with Gasteiger partial charge in [0.2, 0.25) is 0 Å². The molecule has 0 saturated carbocycles. The van der Waals surface area contributed by atoms with Crippen molar-refractivity contribution in [3.63, 3.8) is 0 Å². The second-order valence-electron chi connectivity index (χ2n) is 6.28. The number of nitrogens with two attached hydrogens (primary N) is 1. The zero-order valence-electron chi connectivity index (χ0n) is 13.9. The van der Waals surface area contributed by atoms with Gasteiger partial charge in [0, 0.05) is 22.6 Å². The number of hydrogen-bond acceptors (Lipinski definition) is 5. The van der Waals surface area contributed by atoms with E-state index in [1.54, 1.807) is 11.0 Å². The summed E-state index contributed by atoms with van der Waals surface area (Å²) in [5, 5.41) is 12.4. The van der Waals surface area contributed by atoms with Gasteiger partial charge in [0.05, 0.1) is 28.3 Å². The molecule has 4 rings (SSSR count). The van der Waals surface area contributed by atoms with E-state index >= 15 is 0 Å². The van der Waals surface area contributed by atoms with Gasteiger partial charge in [-0.2, -0.15) is 5.26 Å². The summed E-state index contributed by atoms with van der Waals surface area (Å²) in [6.07, 6.45) is 1.99. The van der Waals surface area contributed by atoms with Crippen LogP contribution < -0.4 is 10.6 Å². The van der Waals surface area contributed by atoms with E-state index in [4.69, 9.17) is 17.3 Å². The molecule has 0 fully saturated rings. The van der Waals surface area contributed by atoms with Gasteiger partial charge in [-0.1, -0.05) is 29.8 Å². The average Bonchev–Trinajstić information content (AvgIpc) is 3.16. The third kappa shape index (κ3) is 2.54. The Morgan fingerprint density at radius 3 is 2.73 bits per heavy atom. The number of hydrogen-bond donors (Lipinski definition) is 1. The maximum absolute atomic E-state index is 12.9. The molecule has 0 amide bonds. The first-order valence-electron chi connectivity index (χ1n) is 8.37. The van der Waals surface area contributed by atoms with Crippen LogP contribution in [0.5, 0.6) is 0 Å².